The van der Waals surface area contributed by atoms with Gasteiger partial charge in [0.1, 0.15) is 6.61 Å². The number of ketones is 1. The average Bonchev–Trinajstić information content (AvgIpc) is 2.20. The Hall–Kier alpha value is -1.39. The number of carbonyl (C=O) groups is 3. The number of Topliss-reactive ketones (excluding diaryl/α,β-unsaturated/α-hetero) is 1. The Morgan fingerprint density at radius 3 is 2.79 bits per heavy atom. The zero-order valence-corrected chi connectivity index (χ0v) is 8.04. The zero-order valence-electron chi connectivity index (χ0n) is 8.04. The minimum atomic E-state index is -0.588. The van der Waals surface area contributed by atoms with Gasteiger partial charge in [-0.1, -0.05) is 6.92 Å². The monoisotopic (exact) mass is 199 g/mol. The number of ether oxygens (including phenoxy) is 1. The highest BCUT2D eigenvalue weighted by Crippen LogP contribution is 2.07. The van der Waals surface area contributed by atoms with Gasteiger partial charge >= 0.3 is 5.97 Å². The molecule has 1 rings (SSSR count). The summed E-state index contributed by atoms with van der Waals surface area (Å²) in [5, 5.41) is 2.52. The van der Waals surface area contributed by atoms with Crippen LogP contribution in [0.4, 0.5) is 0 Å². The van der Waals surface area contributed by atoms with Crippen molar-refractivity contribution in [2.45, 2.75) is 32.2 Å². The summed E-state index contributed by atoms with van der Waals surface area (Å²) in [6.07, 6.45) is 1.03. The third kappa shape index (κ3) is 2.83. The Balaban J connectivity index is 2.34. The van der Waals surface area contributed by atoms with Gasteiger partial charge in [0.15, 0.2) is 0 Å². The highest BCUT2D eigenvalue weighted by atomic mass is 16.5. The van der Waals surface area contributed by atoms with Gasteiger partial charge in [-0.2, -0.15) is 0 Å². The van der Waals surface area contributed by atoms with E-state index in [1.165, 1.54) is 0 Å². The summed E-state index contributed by atoms with van der Waals surface area (Å²) >= 11 is 0. The lowest BCUT2D eigenvalue weighted by Gasteiger charge is -2.22. The fourth-order valence-corrected chi connectivity index (χ4v) is 1.18. The second kappa shape index (κ2) is 4.74. The maximum Gasteiger partial charge on any atom is 0.305 e. The molecule has 1 heterocycles. The highest BCUT2D eigenvalue weighted by Gasteiger charge is 2.23. The number of hydrogen-bond donors (Lipinski definition) is 1. The Bertz CT molecular complexity index is 252. The van der Waals surface area contributed by atoms with Crippen LogP contribution in [-0.4, -0.2) is 30.3 Å². The molecule has 0 aromatic carbocycles. The standard InChI is InChI=1S/C9H13NO4/c1-2-7(11)9(13)10-6-3-4-8(12)14-5-6/h6H,2-5H2,1H3,(H,10,13)/t6-/m0/s1. The molecular formula is C9H13NO4. The van der Waals surface area contributed by atoms with Crippen LogP contribution < -0.4 is 5.32 Å². The number of carbonyl (C=O) groups excluding carboxylic acids is 3. The van der Waals surface area contributed by atoms with Gasteiger partial charge in [0.25, 0.3) is 5.91 Å². The van der Waals surface area contributed by atoms with Crippen molar-refractivity contribution >= 4 is 17.7 Å². The molecule has 1 fully saturated rings. The van der Waals surface area contributed by atoms with Gasteiger partial charge in [-0.05, 0) is 6.42 Å². The first kappa shape index (κ1) is 10.7. The summed E-state index contributed by atoms with van der Waals surface area (Å²) < 4.78 is 4.74. The van der Waals surface area contributed by atoms with E-state index in [0.29, 0.717) is 12.8 Å². The Labute approximate surface area is 81.8 Å². The number of esters is 1. The van der Waals surface area contributed by atoms with Crippen molar-refractivity contribution in [1.82, 2.24) is 5.32 Å². The van der Waals surface area contributed by atoms with Crippen LogP contribution in [0.1, 0.15) is 26.2 Å². The molecule has 78 valence electrons. The van der Waals surface area contributed by atoms with Gasteiger partial charge in [-0.15, -0.1) is 0 Å². The van der Waals surface area contributed by atoms with E-state index >= 15 is 0 Å². The molecule has 0 aliphatic carbocycles. The number of nitrogens with one attached hydrogen (secondary N) is 1. The Morgan fingerprint density at radius 2 is 2.29 bits per heavy atom. The van der Waals surface area contributed by atoms with E-state index < -0.39 is 11.7 Å². The normalized spacial score (nSPS) is 21.2. The van der Waals surface area contributed by atoms with Crippen molar-refractivity contribution in [3.8, 4) is 0 Å². The molecule has 0 unspecified atom stereocenters. The Kier molecular flexibility index (Phi) is 3.62. The average molecular weight is 199 g/mol. The van der Waals surface area contributed by atoms with E-state index in [1.807, 2.05) is 0 Å². The van der Waals surface area contributed by atoms with E-state index in [0.717, 1.165) is 0 Å². The lowest BCUT2D eigenvalue weighted by Crippen LogP contribution is -2.44. The van der Waals surface area contributed by atoms with E-state index in [-0.39, 0.29) is 25.0 Å². The molecule has 0 saturated carbocycles. The fourth-order valence-electron chi connectivity index (χ4n) is 1.18. The van der Waals surface area contributed by atoms with Crippen molar-refractivity contribution in [2.75, 3.05) is 6.61 Å². The van der Waals surface area contributed by atoms with Gasteiger partial charge in [-0.3, -0.25) is 14.4 Å². The molecule has 14 heavy (non-hydrogen) atoms. The summed E-state index contributed by atoms with van der Waals surface area (Å²) in [5.74, 6) is -1.28. The van der Waals surface area contributed by atoms with Crippen LogP contribution in [0, 0.1) is 0 Å². The first-order valence-electron chi connectivity index (χ1n) is 4.62. The first-order valence-corrected chi connectivity index (χ1v) is 4.62. The third-order valence-corrected chi connectivity index (χ3v) is 2.05. The number of cyclic esters (lactones) is 1. The van der Waals surface area contributed by atoms with Gasteiger partial charge < -0.3 is 10.1 Å². The van der Waals surface area contributed by atoms with E-state index in [1.54, 1.807) is 6.92 Å². The summed E-state index contributed by atoms with van der Waals surface area (Å²) in [6, 6.07) is -0.212. The van der Waals surface area contributed by atoms with Crippen LogP contribution in [0.15, 0.2) is 0 Å². The summed E-state index contributed by atoms with van der Waals surface area (Å²) in [7, 11) is 0. The van der Waals surface area contributed by atoms with Crippen LogP contribution in [0.2, 0.25) is 0 Å². The molecule has 0 aromatic heterocycles. The summed E-state index contributed by atoms with van der Waals surface area (Å²) in [5.41, 5.74) is 0. The molecule has 1 saturated heterocycles. The molecule has 1 aliphatic heterocycles. The van der Waals surface area contributed by atoms with Crippen molar-refractivity contribution in [3.63, 3.8) is 0 Å². The van der Waals surface area contributed by atoms with Crippen molar-refractivity contribution in [1.29, 1.82) is 0 Å². The summed E-state index contributed by atoms with van der Waals surface area (Å²) in [4.78, 5) is 32.7. The molecule has 0 bridgehead atoms. The van der Waals surface area contributed by atoms with Crippen LogP contribution in [0.5, 0.6) is 0 Å². The summed E-state index contributed by atoms with van der Waals surface area (Å²) in [6.45, 7) is 1.80. The number of rotatable bonds is 3. The molecule has 1 N–H and O–H groups in total. The molecular weight excluding hydrogens is 186 g/mol. The maximum absolute atomic E-state index is 11.1. The lowest BCUT2D eigenvalue weighted by atomic mass is 10.1. The smallest absolute Gasteiger partial charge is 0.305 e. The second-order valence-electron chi connectivity index (χ2n) is 3.17. The SMILES string of the molecule is CCC(=O)C(=O)N[C@H]1CCC(=O)OC1. The van der Waals surface area contributed by atoms with Crippen molar-refractivity contribution in [3.05, 3.63) is 0 Å². The quantitative estimate of drug-likeness (QED) is 0.504. The molecule has 0 aromatic rings. The van der Waals surface area contributed by atoms with E-state index in [4.69, 9.17) is 4.74 Å². The van der Waals surface area contributed by atoms with Crippen LogP contribution in [0.3, 0.4) is 0 Å². The topological polar surface area (TPSA) is 72.5 Å². The second-order valence-corrected chi connectivity index (χ2v) is 3.17. The predicted molar refractivity (Wildman–Crippen MR) is 47.4 cm³/mol. The van der Waals surface area contributed by atoms with Crippen molar-refractivity contribution < 1.29 is 19.1 Å². The number of hydrogen-bond acceptors (Lipinski definition) is 4. The van der Waals surface area contributed by atoms with Crippen LogP contribution >= 0.6 is 0 Å². The Morgan fingerprint density at radius 1 is 1.57 bits per heavy atom. The van der Waals surface area contributed by atoms with Crippen LogP contribution in [0.25, 0.3) is 0 Å². The molecule has 5 nitrogen and oxygen atoms in total. The molecule has 1 atom stereocenters. The largest absolute Gasteiger partial charge is 0.463 e. The fraction of sp³-hybridized carbons (Fsp3) is 0.667. The molecule has 1 aliphatic rings. The van der Waals surface area contributed by atoms with E-state index in [9.17, 15) is 14.4 Å². The number of amides is 1. The minimum Gasteiger partial charge on any atom is -0.463 e. The molecule has 0 radical (unpaired) electrons. The lowest BCUT2D eigenvalue weighted by molar-refractivity contribution is -0.149. The zero-order chi connectivity index (χ0) is 10.6. The van der Waals surface area contributed by atoms with Crippen LogP contribution in [-0.2, 0) is 19.1 Å². The highest BCUT2D eigenvalue weighted by molar-refractivity contribution is 6.36. The first-order chi connectivity index (χ1) is 6.63. The maximum atomic E-state index is 11.1. The van der Waals surface area contributed by atoms with E-state index in [2.05, 4.69) is 5.32 Å². The van der Waals surface area contributed by atoms with Gasteiger partial charge in [0, 0.05) is 12.8 Å². The van der Waals surface area contributed by atoms with Gasteiger partial charge in [0.2, 0.25) is 5.78 Å². The van der Waals surface area contributed by atoms with Gasteiger partial charge in [0.05, 0.1) is 6.04 Å². The van der Waals surface area contributed by atoms with Crippen molar-refractivity contribution in [2.24, 2.45) is 0 Å². The predicted octanol–water partition coefficient (Wildman–Crippen LogP) is -0.213. The third-order valence-electron chi connectivity index (χ3n) is 2.05. The molecule has 5 heteroatoms. The molecule has 1 amide bonds. The van der Waals surface area contributed by atoms with Gasteiger partial charge in [-0.25, -0.2) is 0 Å². The molecule has 0 spiro atoms. The minimum absolute atomic E-state index is 0.168.